The first-order valence-electron chi connectivity index (χ1n) is 8.09. The average Bonchev–Trinajstić information content (AvgIpc) is 2.93. The number of nitrogens with one attached hydrogen (secondary N) is 1. The Morgan fingerprint density at radius 1 is 1.35 bits per heavy atom. The van der Waals surface area contributed by atoms with Crippen LogP contribution in [0.4, 0.5) is 5.69 Å². The summed E-state index contributed by atoms with van der Waals surface area (Å²) in [7, 11) is 1.98. The van der Waals surface area contributed by atoms with Crippen molar-refractivity contribution >= 4 is 11.6 Å². The summed E-state index contributed by atoms with van der Waals surface area (Å²) in [4.78, 5) is 19.1. The summed E-state index contributed by atoms with van der Waals surface area (Å²) in [6, 6.07) is 7.65. The van der Waals surface area contributed by atoms with Crippen LogP contribution in [0.15, 0.2) is 36.7 Å². The zero-order valence-corrected chi connectivity index (χ0v) is 14.4. The molecule has 0 spiro atoms. The average molecular weight is 314 g/mol. The van der Waals surface area contributed by atoms with Gasteiger partial charge in [-0.25, -0.2) is 4.98 Å². The van der Waals surface area contributed by atoms with E-state index >= 15 is 0 Å². The molecule has 1 heterocycles. The standard InChI is InChI=1S/C18H26N4O/c1-5-11-22(13-17-19-10-12-21(17)4)15(3)18(23)20-16-8-6-14(2)7-9-16/h6-10,12,15H,5,11,13H2,1-4H3,(H,20,23). The van der Waals surface area contributed by atoms with Crippen LogP contribution in [0.2, 0.25) is 0 Å². The number of carbonyl (C=O) groups excluding carboxylic acids is 1. The summed E-state index contributed by atoms with van der Waals surface area (Å²) < 4.78 is 1.99. The highest BCUT2D eigenvalue weighted by Gasteiger charge is 2.22. The van der Waals surface area contributed by atoms with Crippen LogP contribution in [0.25, 0.3) is 0 Å². The minimum atomic E-state index is -0.215. The Morgan fingerprint density at radius 3 is 2.61 bits per heavy atom. The SMILES string of the molecule is CCCN(Cc1nccn1C)C(C)C(=O)Nc1ccc(C)cc1. The van der Waals surface area contributed by atoms with Gasteiger partial charge in [-0.2, -0.15) is 0 Å². The molecule has 0 aliphatic heterocycles. The fourth-order valence-corrected chi connectivity index (χ4v) is 2.48. The van der Waals surface area contributed by atoms with Gasteiger partial charge in [0.15, 0.2) is 0 Å². The molecule has 2 rings (SSSR count). The van der Waals surface area contributed by atoms with Crippen molar-refractivity contribution in [3.05, 3.63) is 48.0 Å². The van der Waals surface area contributed by atoms with Crippen LogP contribution in [0.5, 0.6) is 0 Å². The van der Waals surface area contributed by atoms with Crippen LogP contribution in [0, 0.1) is 6.92 Å². The third-order valence-electron chi connectivity index (χ3n) is 4.02. The van der Waals surface area contributed by atoms with Crippen molar-refractivity contribution in [2.45, 2.75) is 39.8 Å². The fraction of sp³-hybridized carbons (Fsp3) is 0.444. The lowest BCUT2D eigenvalue weighted by Crippen LogP contribution is -2.42. The van der Waals surface area contributed by atoms with Crippen molar-refractivity contribution < 1.29 is 4.79 Å². The van der Waals surface area contributed by atoms with E-state index in [1.165, 1.54) is 5.56 Å². The Balaban J connectivity index is 2.04. The molecule has 1 amide bonds. The topological polar surface area (TPSA) is 50.2 Å². The smallest absolute Gasteiger partial charge is 0.241 e. The second-order valence-corrected chi connectivity index (χ2v) is 5.96. The first-order chi connectivity index (χ1) is 11.0. The van der Waals surface area contributed by atoms with Crippen molar-refractivity contribution in [2.24, 2.45) is 7.05 Å². The van der Waals surface area contributed by atoms with E-state index in [2.05, 4.69) is 22.1 Å². The third-order valence-corrected chi connectivity index (χ3v) is 4.02. The van der Waals surface area contributed by atoms with E-state index in [4.69, 9.17) is 0 Å². The van der Waals surface area contributed by atoms with Gasteiger partial charge in [0.05, 0.1) is 12.6 Å². The van der Waals surface area contributed by atoms with Crippen LogP contribution in [0.1, 0.15) is 31.7 Å². The predicted molar refractivity (Wildman–Crippen MR) is 93.2 cm³/mol. The van der Waals surface area contributed by atoms with E-state index < -0.39 is 0 Å². The Labute approximate surface area is 138 Å². The van der Waals surface area contributed by atoms with Gasteiger partial charge in [0.2, 0.25) is 5.91 Å². The number of imidazole rings is 1. The van der Waals surface area contributed by atoms with Gasteiger partial charge in [0, 0.05) is 25.1 Å². The highest BCUT2D eigenvalue weighted by Crippen LogP contribution is 2.12. The highest BCUT2D eigenvalue weighted by atomic mass is 16.2. The molecular formula is C18H26N4O. The predicted octanol–water partition coefficient (Wildman–Crippen LogP) is 2.97. The summed E-state index contributed by atoms with van der Waals surface area (Å²) in [6.45, 7) is 7.62. The summed E-state index contributed by atoms with van der Waals surface area (Å²) in [5, 5.41) is 2.99. The second kappa shape index (κ2) is 7.92. The molecule has 23 heavy (non-hydrogen) atoms. The molecule has 5 heteroatoms. The molecule has 5 nitrogen and oxygen atoms in total. The van der Waals surface area contributed by atoms with Gasteiger partial charge >= 0.3 is 0 Å². The van der Waals surface area contributed by atoms with E-state index in [1.807, 2.05) is 55.9 Å². The number of hydrogen-bond acceptors (Lipinski definition) is 3. The number of nitrogens with zero attached hydrogens (tertiary/aromatic N) is 3. The summed E-state index contributed by atoms with van der Waals surface area (Å²) in [5.41, 5.74) is 2.01. The molecule has 124 valence electrons. The van der Waals surface area contributed by atoms with E-state index in [0.717, 1.165) is 24.5 Å². The molecule has 0 saturated heterocycles. The first kappa shape index (κ1) is 17.2. The number of aryl methyl sites for hydroxylation is 2. The number of rotatable bonds is 7. The summed E-state index contributed by atoms with van der Waals surface area (Å²) in [6.07, 6.45) is 4.71. The molecule has 0 saturated carbocycles. The van der Waals surface area contributed by atoms with Crippen LogP contribution in [0.3, 0.4) is 0 Å². The molecule has 0 aliphatic carbocycles. The molecule has 1 aromatic heterocycles. The number of benzene rings is 1. The normalized spacial score (nSPS) is 12.4. The zero-order valence-electron chi connectivity index (χ0n) is 14.4. The van der Waals surface area contributed by atoms with Gasteiger partial charge in [0.1, 0.15) is 5.82 Å². The van der Waals surface area contributed by atoms with E-state index in [0.29, 0.717) is 6.54 Å². The molecule has 0 radical (unpaired) electrons. The molecular weight excluding hydrogens is 288 g/mol. The van der Waals surface area contributed by atoms with Gasteiger partial charge < -0.3 is 9.88 Å². The number of aromatic nitrogens is 2. The quantitative estimate of drug-likeness (QED) is 0.855. The molecule has 0 aliphatic rings. The van der Waals surface area contributed by atoms with Crippen molar-refractivity contribution in [3.8, 4) is 0 Å². The van der Waals surface area contributed by atoms with E-state index in [9.17, 15) is 4.79 Å². The van der Waals surface area contributed by atoms with Gasteiger partial charge in [0.25, 0.3) is 0 Å². The van der Waals surface area contributed by atoms with Crippen molar-refractivity contribution in [1.82, 2.24) is 14.5 Å². The Kier molecular flexibility index (Phi) is 5.93. The molecule has 1 N–H and O–H groups in total. The molecule has 1 unspecified atom stereocenters. The molecule has 0 bridgehead atoms. The van der Waals surface area contributed by atoms with Gasteiger partial charge in [-0.15, -0.1) is 0 Å². The second-order valence-electron chi connectivity index (χ2n) is 5.96. The maximum absolute atomic E-state index is 12.5. The third kappa shape index (κ3) is 4.66. The summed E-state index contributed by atoms with van der Waals surface area (Å²) in [5.74, 6) is 0.977. The largest absolute Gasteiger partial charge is 0.337 e. The highest BCUT2D eigenvalue weighted by molar-refractivity contribution is 5.94. The van der Waals surface area contributed by atoms with E-state index in [1.54, 1.807) is 6.20 Å². The molecule has 1 aromatic carbocycles. The van der Waals surface area contributed by atoms with Gasteiger partial charge in [-0.1, -0.05) is 24.6 Å². The van der Waals surface area contributed by atoms with Gasteiger partial charge in [-0.05, 0) is 38.9 Å². The number of anilines is 1. The first-order valence-corrected chi connectivity index (χ1v) is 8.09. The van der Waals surface area contributed by atoms with Crippen molar-refractivity contribution in [2.75, 3.05) is 11.9 Å². The monoisotopic (exact) mass is 314 g/mol. The maximum atomic E-state index is 12.5. The Morgan fingerprint density at radius 2 is 2.04 bits per heavy atom. The van der Waals surface area contributed by atoms with Gasteiger partial charge in [-0.3, -0.25) is 9.69 Å². The number of amides is 1. The van der Waals surface area contributed by atoms with Crippen LogP contribution < -0.4 is 5.32 Å². The van der Waals surface area contributed by atoms with Crippen LogP contribution in [-0.4, -0.2) is 32.9 Å². The van der Waals surface area contributed by atoms with Crippen molar-refractivity contribution in [3.63, 3.8) is 0 Å². The lowest BCUT2D eigenvalue weighted by Gasteiger charge is -2.27. The van der Waals surface area contributed by atoms with Crippen LogP contribution >= 0.6 is 0 Å². The maximum Gasteiger partial charge on any atom is 0.241 e. The minimum Gasteiger partial charge on any atom is -0.337 e. The number of carbonyl (C=O) groups is 1. The minimum absolute atomic E-state index is 0.0107. The Bertz CT molecular complexity index is 633. The molecule has 2 aromatic rings. The summed E-state index contributed by atoms with van der Waals surface area (Å²) >= 11 is 0. The lowest BCUT2D eigenvalue weighted by atomic mass is 10.2. The van der Waals surface area contributed by atoms with Crippen LogP contribution in [-0.2, 0) is 18.4 Å². The molecule has 1 atom stereocenters. The van der Waals surface area contributed by atoms with E-state index in [-0.39, 0.29) is 11.9 Å². The Hall–Kier alpha value is -2.14. The zero-order chi connectivity index (χ0) is 16.8. The van der Waals surface area contributed by atoms with Crippen molar-refractivity contribution in [1.29, 1.82) is 0 Å². The number of hydrogen-bond donors (Lipinski definition) is 1. The molecule has 0 fully saturated rings. The fourth-order valence-electron chi connectivity index (χ4n) is 2.48. The lowest BCUT2D eigenvalue weighted by molar-refractivity contribution is -0.121.